The topological polar surface area (TPSA) is 37.4 Å². The first-order valence-electron chi connectivity index (χ1n) is 6.66. The van der Waals surface area contributed by atoms with Crippen LogP contribution >= 0.6 is 11.3 Å². The largest absolute Gasteiger partial charge is 0.383 e. The number of ether oxygens (including phenoxy) is 1. The lowest BCUT2D eigenvalue weighted by Gasteiger charge is -2.14. The lowest BCUT2D eigenvalue weighted by molar-refractivity contribution is 0.206. The third-order valence-electron chi connectivity index (χ3n) is 3.03. The van der Waals surface area contributed by atoms with Crippen LogP contribution < -0.4 is 10.2 Å². The predicted octanol–water partition coefficient (Wildman–Crippen LogP) is 2.61. The Balaban J connectivity index is 2.28. The molecule has 5 heteroatoms. The van der Waals surface area contributed by atoms with Crippen molar-refractivity contribution in [1.82, 2.24) is 10.3 Å². The molecule has 0 saturated heterocycles. The van der Waals surface area contributed by atoms with Gasteiger partial charge in [-0.05, 0) is 7.05 Å². The van der Waals surface area contributed by atoms with Gasteiger partial charge in [-0.2, -0.15) is 0 Å². The van der Waals surface area contributed by atoms with Crippen molar-refractivity contribution in [3.8, 4) is 11.3 Å². The highest BCUT2D eigenvalue weighted by Crippen LogP contribution is 2.32. The van der Waals surface area contributed by atoms with Crippen LogP contribution in [0.2, 0.25) is 0 Å². The van der Waals surface area contributed by atoms with Crippen LogP contribution in [0, 0.1) is 0 Å². The first kappa shape index (κ1) is 15.0. The van der Waals surface area contributed by atoms with E-state index >= 15 is 0 Å². The molecule has 0 saturated carbocycles. The number of nitrogens with one attached hydrogen (secondary N) is 1. The predicted molar refractivity (Wildman–Crippen MR) is 85.5 cm³/mol. The van der Waals surface area contributed by atoms with Crippen molar-refractivity contribution in [2.75, 3.05) is 39.3 Å². The minimum atomic E-state index is 0.706. The molecule has 0 bridgehead atoms. The second-order valence-electron chi connectivity index (χ2n) is 4.58. The maximum Gasteiger partial charge on any atom is 0.185 e. The molecule has 0 aliphatic rings. The minimum Gasteiger partial charge on any atom is -0.383 e. The van der Waals surface area contributed by atoms with Crippen molar-refractivity contribution < 1.29 is 4.74 Å². The van der Waals surface area contributed by atoms with Crippen molar-refractivity contribution in [2.45, 2.75) is 6.54 Å². The van der Waals surface area contributed by atoms with Crippen LogP contribution in [0.1, 0.15) is 4.88 Å². The van der Waals surface area contributed by atoms with Crippen molar-refractivity contribution in [1.29, 1.82) is 0 Å². The van der Waals surface area contributed by atoms with Crippen LogP contribution in [0.25, 0.3) is 11.3 Å². The number of thiazole rings is 1. The zero-order chi connectivity index (χ0) is 14.4. The third kappa shape index (κ3) is 3.56. The van der Waals surface area contributed by atoms with Gasteiger partial charge in [0.2, 0.25) is 0 Å². The van der Waals surface area contributed by atoms with Gasteiger partial charge >= 0.3 is 0 Å². The maximum absolute atomic E-state index is 5.13. The Morgan fingerprint density at radius 3 is 2.70 bits per heavy atom. The number of likely N-dealkylation sites (N-methyl/N-ethyl adjacent to an activating group) is 1. The molecule has 1 aromatic carbocycles. The van der Waals surface area contributed by atoms with E-state index in [2.05, 4.69) is 29.4 Å². The van der Waals surface area contributed by atoms with E-state index in [1.165, 1.54) is 10.4 Å². The molecule has 0 aliphatic carbocycles. The summed E-state index contributed by atoms with van der Waals surface area (Å²) in [5.41, 5.74) is 2.24. The monoisotopic (exact) mass is 291 g/mol. The van der Waals surface area contributed by atoms with Crippen LogP contribution in [-0.4, -0.2) is 39.3 Å². The van der Waals surface area contributed by atoms with Crippen LogP contribution in [0.3, 0.4) is 0 Å². The van der Waals surface area contributed by atoms with Gasteiger partial charge in [0.25, 0.3) is 0 Å². The minimum absolute atomic E-state index is 0.706. The SMILES string of the molecule is CNCc1sc(N(C)CCOC)nc1-c1ccccc1. The maximum atomic E-state index is 5.13. The number of nitrogens with zero attached hydrogens (tertiary/aromatic N) is 2. The highest BCUT2D eigenvalue weighted by molar-refractivity contribution is 7.16. The van der Waals surface area contributed by atoms with E-state index in [4.69, 9.17) is 9.72 Å². The van der Waals surface area contributed by atoms with Gasteiger partial charge in [-0.25, -0.2) is 4.98 Å². The summed E-state index contributed by atoms with van der Waals surface area (Å²) >= 11 is 1.73. The summed E-state index contributed by atoms with van der Waals surface area (Å²) < 4.78 is 5.13. The van der Waals surface area contributed by atoms with Gasteiger partial charge in [0.1, 0.15) is 0 Å². The third-order valence-corrected chi connectivity index (χ3v) is 4.20. The number of anilines is 1. The van der Waals surface area contributed by atoms with Crippen LogP contribution in [0.4, 0.5) is 5.13 Å². The van der Waals surface area contributed by atoms with Gasteiger partial charge in [0.15, 0.2) is 5.13 Å². The average Bonchev–Trinajstić information content (AvgIpc) is 2.90. The van der Waals surface area contributed by atoms with Gasteiger partial charge in [0, 0.05) is 37.7 Å². The quantitative estimate of drug-likeness (QED) is 0.851. The fraction of sp³-hybridized carbons (Fsp3) is 0.400. The molecule has 0 fully saturated rings. The molecular formula is C15H21N3OS. The van der Waals surface area contributed by atoms with Gasteiger partial charge in [0.05, 0.1) is 12.3 Å². The Kier molecular flexibility index (Phi) is 5.52. The van der Waals surface area contributed by atoms with Crippen molar-refractivity contribution >= 4 is 16.5 Å². The standard InChI is InChI=1S/C15H21N3OS/c1-16-11-13-14(12-7-5-4-6-8-12)17-15(20-13)18(2)9-10-19-3/h4-8,16H,9-11H2,1-3H3. The zero-order valence-electron chi connectivity index (χ0n) is 12.2. The highest BCUT2D eigenvalue weighted by Gasteiger charge is 2.14. The van der Waals surface area contributed by atoms with E-state index in [1.54, 1.807) is 18.4 Å². The molecule has 4 nitrogen and oxygen atoms in total. The number of rotatable bonds is 7. The number of methoxy groups -OCH3 is 1. The summed E-state index contributed by atoms with van der Waals surface area (Å²) in [7, 11) is 5.73. The Hall–Kier alpha value is -1.43. The van der Waals surface area contributed by atoms with E-state index in [9.17, 15) is 0 Å². The molecule has 1 aromatic heterocycles. The molecule has 1 heterocycles. The highest BCUT2D eigenvalue weighted by atomic mass is 32.1. The van der Waals surface area contributed by atoms with Crippen LogP contribution in [0.15, 0.2) is 30.3 Å². The van der Waals surface area contributed by atoms with Crippen LogP contribution in [0.5, 0.6) is 0 Å². The molecule has 0 unspecified atom stereocenters. The zero-order valence-corrected chi connectivity index (χ0v) is 13.0. The lowest BCUT2D eigenvalue weighted by atomic mass is 10.1. The summed E-state index contributed by atoms with van der Waals surface area (Å²) in [4.78, 5) is 8.20. The van der Waals surface area contributed by atoms with E-state index < -0.39 is 0 Å². The van der Waals surface area contributed by atoms with Crippen molar-refractivity contribution in [3.63, 3.8) is 0 Å². The average molecular weight is 291 g/mol. The number of hydrogen-bond acceptors (Lipinski definition) is 5. The van der Waals surface area contributed by atoms with E-state index in [-0.39, 0.29) is 0 Å². The smallest absolute Gasteiger partial charge is 0.185 e. The number of aromatic nitrogens is 1. The molecule has 108 valence electrons. The Morgan fingerprint density at radius 2 is 2.05 bits per heavy atom. The Bertz CT molecular complexity index is 527. The fourth-order valence-corrected chi connectivity index (χ4v) is 3.01. The first-order chi connectivity index (χ1) is 9.76. The first-order valence-corrected chi connectivity index (χ1v) is 7.47. The Morgan fingerprint density at radius 1 is 1.30 bits per heavy atom. The molecule has 0 aliphatic heterocycles. The summed E-state index contributed by atoms with van der Waals surface area (Å²) in [6.07, 6.45) is 0. The number of hydrogen-bond donors (Lipinski definition) is 1. The molecule has 0 amide bonds. The molecule has 0 radical (unpaired) electrons. The van der Waals surface area contributed by atoms with Gasteiger partial charge < -0.3 is 15.0 Å². The Labute approximate surface area is 124 Å². The number of benzene rings is 1. The summed E-state index contributed by atoms with van der Waals surface area (Å²) in [6, 6.07) is 10.3. The normalized spacial score (nSPS) is 10.8. The summed E-state index contributed by atoms with van der Waals surface area (Å²) in [6.45, 7) is 2.38. The van der Waals surface area contributed by atoms with E-state index in [0.717, 1.165) is 23.9 Å². The summed E-state index contributed by atoms with van der Waals surface area (Å²) in [5, 5.41) is 4.25. The van der Waals surface area contributed by atoms with Crippen molar-refractivity contribution in [2.24, 2.45) is 0 Å². The molecule has 1 N–H and O–H groups in total. The van der Waals surface area contributed by atoms with E-state index in [0.29, 0.717) is 6.61 Å². The van der Waals surface area contributed by atoms with Crippen LogP contribution in [-0.2, 0) is 11.3 Å². The molecule has 2 aromatic rings. The summed E-state index contributed by atoms with van der Waals surface area (Å²) in [5.74, 6) is 0. The molecule has 0 spiro atoms. The second-order valence-corrected chi connectivity index (χ2v) is 5.64. The molecule has 0 atom stereocenters. The van der Waals surface area contributed by atoms with Gasteiger partial charge in [-0.15, -0.1) is 0 Å². The van der Waals surface area contributed by atoms with Gasteiger partial charge in [-0.3, -0.25) is 0 Å². The van der Waals surface area contributed by atoms with Crippen molar-refractivity contribution in [3.05, 3.63) is 35.2 Å². The van der Waals surface area contributed by atoms with Gasteiger partial charge in [-0.1, -0.05) is 41.7 Å². The lowest BCUT2D eigenvalue weighted by Crippen LogP contribution is -2.21. The fourth-order valence-electron chi connectivity index (χ4n) is 1.93. The van der Waals surface area contributed by atoms with E-state index in [1.807, 2.05) is 25.2 Å². The second kappa shape index (κ2) is 7.38. The molecule has 2 rings (SSSR count). The molecule has 20 heavy (non-hydrogen) atoms. The molecular weight excluding hydrogens is 270 g/mol.